The van der Waals surface area contributed by atoms with Crippen LogP contribution in [0, 0.1) is 5.82 Å². The van der Waals surface area contributed by atoms with Crippen LogP contribution in [0.1, 0.15) is 34.5 Å². The Kier molecular flexibility index (Phi) is 6.10. The molecule has 0 radical (unpaired) electrons. The molecule has 3 rings (SSSR count). The molecular formula is C21H21FN4O. The molecule has 138 valence electrons. The summed E-state index contributed by atoms with van der Waals surface area (Å²) < 4.78 is 12.9. The van der Waals surface area contributed by atoms with Crippen LogP contribution in [0.2, 0.25) is 0 Å². The van der Waals surface area contributed by atoms with Gasteiger partial charge in [0.25, 0.3) is 5.91 Å². The van der Waals surface area contributed by atoms with E-state index in [-0.39, 0.29) is 17.8 Å². The van der Waals surface area contributed by atoms with Crippen LogP contribution in [0.25, 0.3) is 0 Å². The van der Waals surface area contributed by atoms with Crippen molar-refractivity contribution in [3.8, 4) is 0 Å². The van der Waals surface area contributed by atoms with Gasteiger partial charge < -0.3 is 10.6 Å². The topological polar surface area (TPSA) is 66.9 Å². The zero-order chi connectivity index (χ0) is 19.1. The zero-order valence-corrected chi connectivity index (χ0v) is 15.0. The van der Waals surface area contributed by atoms with Gasteiger partial charge in [0.1, 0.15) is 5.82 Å². The highest BCUT2D eigenvalue weighted by atomic mass is 19.1. The van der Waals surface area contributed by atoms with E-state index in [0.29, 0.717) is 18.1 Å². The smallest absolute Gasteiger partial charge is 0.254 e. The molecule has 3 aromatic rings. The molecule has 1 aromatic heterocycles. The Labute approximate surface area is 157 Å². The average molecular weight is 364 g/mol. The predicted molar refractivity (Wildman–Crippen MR) is 103 cm³/mol. The first-order valence-electron chi connectivity index (χ1n) is 8.78. The molecule has 0 saturated carbocycles. The third kappa shape index (κ3) is 5.34. The van der Waals surface area contributed by atoms with Crippen molar-refractivity contribution in [2.24, 2.45) is 0 Å². The van der Waals surface area contributed by atoms with Crippen LogP contribution < -0.4 is 10.6 Å². The maximum absolute atomic E-state index is 12.9. The van der Waals surface area contributed by atoms with Gasteiger partial charge in [0.15, 0.2) is 0 Å². The van der Waals surface area contributed by atoms with E-state index in [4.69, 9.17) is 0 Å². The minimum atomic E-state index is -0.245. The molecule has 0 saturated heterocycles. The Balaban J connectivity index is 1.50. The molecule has 2 aromatic carbocycles. The Morgan fingerprint density at radius 2 is 1.70 bits per heavy atom. The van der Waals surface area contributed by atoms with Gasteiger partial charge in [0.2, 0.25) is 5.95 Å². The average Bonchev–Trinajstić information content (AvgIpc) is 2.70. The summed E-state index contributed by atoms with van der Waals surface area (Å²) in [6.45, 7) is 2.54. The van der Waals surface area contributed by atoms with Gasteiger partial charge in [0.05, 0.1) is 11.6 Å². The predicted octanol–water partition coefficient (Wildman–Crippen LogP) is 3.76. The summed E-state index contributed by atoms with van der Waals surface area (Å²) >= 11 is 0. The lowest BCUT2D eigenvalue weighted by atomic mass is 10.1. The fourth-order valence-corrected chi connectivity index (χ4v) is 2.61. The number of hydrogen-bond acceptors (Lipinski definition) is 4. The van der Waals surface area contributed by atoms with Crippen molar-refractivity contribution in [1.29, 1.82) is 0 Å². The van der Waals surface area contributed by atoms with Gasteiger partial charge in [-0.2, -0.15) is 0 Å². The van der Waals surface area contributed by atoms with Gasteiger partial charge in [-0.05, 0) is 36.6 Å². The van der Waals surface area contributed by atoms with Gasteiger partial charge in [0, 0.05) is 18.9 Å². The molecule has 27 heavy (non-hydrogen) atoms. The van der Waals surface area contributed by atoms with Crippen LogP contribution >= 0.6 is 0 Å². The highest BCUT2D eigenvalue weighted by Gasteiger charge is 2.12. The molecule has 0 aliphatic rings. The second-order valence-corrected chi connectivity index (χ2v) is 6.20. The van der Waals surface area contributed by atoms with E-state index < -0.39 is 0 Å². The van der Waals surface area contributed by atoms with E-state index in [9.17, 15) is 9.18 Å². The third-order valence-corrected chi connectivity index (χ3v) is 4.17. The van der Waals surface area contributed by atoms with Gasteiger partial charge in [-0.1, -0.05) is 42.5 Å². The molecule has 1 atom stereocenters. The van der Waals surface area contributed by atoms with Crippen LogP contribution in [0.5, 0.6) is 0 Å². The lowest BCUT2D eigenvalue weighted by Gasteiger charge is -2.14. The van der Waals surface area contributed by atoms with Crippen molar-refractivity contribution >= 4 is 11.9 Å². The largest absolute Gasteiger partial charge is 0.354 e. The summed E-state index contributed by atoms with van der Waals surface area (Å²) in [6, 6.07) is 16.0. The van der Waals surface area contributed by atoms with E-state index >= 15 is 0 Å². The zero-order valence-electron chi connectivity index (χ0n) is 15.0. The standard InChI is InChI=1S/C21H21FN4O/c1-15(17-5-3-2-4-6-17)26-20(27)18-13-24-21(25-14-18)23-12-11-16-7-9-19(22)10-8-16/h2-10,13-15H,11-12H2,1H3,(H,26,27)(H,23,24,25). The summed E-state index contributed by atoms with van der Waals surface area (Å²) in [5, 5.41) is 6.02. The van der Waals surface area contributed by atoms with Gasteiger partial charge in [-0.25, -0.2) is 14.4 Å². The molecule has 0 bridgehead atoms. The Morgan fingerprint density at radius 1 is 1.04 bits per heavy atom. The summed E-state index contributed by atoms with van der Waals surface area (Å²) in [5.41, 5.74) is 2.46. The second kappa shape index (κ2) is 8.89. The number of benzene rings is 2. The van der Waals surface area contributed by atoms with Crippen LogP contribution in [0.15, 0.2) is 67.0 Å². The first-order chi connectivity index (χ1) is 13.1. The van der Waals surface area contributed by atoms with Crippen molar-refractivity contribution in [3.63, 3.8) is 0 Å². The SMILES string of the molecule is CC(NC(=O)c1cnc(NCCc2ccc(F)cc2)nc1)c1ccccc1. The number of nitrogens with one attached hydrogen (secondary N) is 2. The molecule has 2 N–H and O–H groups in total. The first kappa shape index (κ1) is 18.5. The maximum Gasteiger partial charge on any atom is 0.254 e. The van der Waals surface area contributed by atoms with Crippen molar-refractivity contribution in [1.82, 2.24) is 15.3 Å². The summed E-state index contributed by atoms with van der Waals surface area (Å²) in [4.78, 5) is 20.7. The summed E-state index contributed by atoms with van der Waals surface area (Å²) in [7, 11) is 0. The van der Waals surface area contributed by atoms with E-state index in [1.54, 1.807) is 12.1 Å². The molecule has 1 amide bonds. The fourth-order valence-electron chi connectivity index (χ4n) is 2.61. The quantitative estimate of drug-likeness (QED) is 0.670. The lowest BCUT2D eigenvalue weighted by Crippen LogP contribution is -2.27. The van der Waals surface area contributed by atoms with Crippen LogP contribution in [-0.2, 0) is 6.42 Å². The minimum Gasteiger partial charge on any atom is -0.354 e. The molecule has 6 heteroatoms. The van der Waals surface area contributed by atoms with Gasteiger partial charge >= 0.3 is 0 Å². The number of halogens is 1. The number of rotatable bonds is 7. The normalized spacial score (nSPS) is 11.6. The first-order valence-corrected chi connectivity index (χ1v) is 8.78. The van der Waals surface area contributed by atoms with E-state index in [1.807, 2.05) is 37.3 Å². The fraction of sp³-hybridized carbons (Fsp3) is 0.190. The molecule has 1 heterocycles. The molecular weight excluding hydrogens is 343 g/mol. The van der Waals surface area contributed by atoms with E-state index in [0.717, 1.165) is 17.5 Å². The van der Waals surface area contributed by atoms with Crippen molar-refractivity contribution in [3.05, 3.63) is 89.5 Å². The van der Waals surface area contributed by atoms with Gasteiger partial charge in [-0.15, -0.1) is 0 Å². The van der Waals surface area contributed by atoms with Gasteiger partial charge in [-0.3, -0.25) is 4.79 Å². The molecule has 0 aliphatic carbocycles. The third-order valence-electron chi connectivity index (χ3n) is 4.17. The lowest BCUT2D eigenvalue weighted by molar-refractivity contribution is 0.0939. The molecule has 5 nitrogen and oxygen atoms in total. The number of aromatic nitrogens is 2. The number of hydrogen-bond donors (Lipinski definition) is 2. The van der Waals surface area contributed by atoms with Crippen LogP contribution in [0.4, 0.5) is 10.3 Å². The Hall–Kier alpha value is -3.28. The number of anilines is 1. The number of carbonyl (C=O) groups is 1. The molecule has 0 spiro atoms. The van der Waals surface area contributed by atoms with Crippen molar-refractivity contribution < 1.29 is 9.18 Å². The summed E-state index contributed by atoms with van der Waals surface area (Å²) in [6.07, 6.45) is 3.72. The number of amides is 1. The highest BCUT2D eigenvalue weighted by molar-refractivity contribution is 5.93. The number of nitrogens with zero attached hydrogens (tertiary/aromatic N) is 2. The minimum absolute atomic E-state index is 0.104. The monoisotopic (exact) mass is 364 g/mol. The summed E-state index contributed by atoms with van der Waals surface area (Å²) in [5.74, 6) is -0.0144. The molecule has 0 fully saturated rings. The Bertz CT molecular complexity index is 867. The second-order valence-electron chi connectivity index (χ2n) is 6.20. The van der Waals surface area contributed by atoms with Crippen LogP contribution in [0.3, 0.4) is 0 Å². The number of carbonyl (C=O) groups excluding carboxylic acids is 1. The van der Waals surface area contributed by atoms with Crippen molar-refractivity contribution in [2.45, 2.75) is 19.4 Å². The maximum atomic E-state index is 12.9. The molecule has 0 aliphatic heterocycles. The highest BCUT2D eigenvalue weighted by Crippen LogP contribution is 2.12. The molecule has 1 unspecified atom stereocenters. The van der Waals surface area contributed by atoms with Crippen LogP contribution in [-0.4, -0.2) is 22.4 Å². The van der Waals surface area contributed by atoms with E-state index in [1.165, 1.54) is 24.5 Å². The van der Waals surface area contributed by atoms with Crippen molar-refractivity contribution in [2.75, 3.05) is 11.9 Å². The Morgan fingerprint density at radius 3 is 2.37 bits per heavy atom. The van der Waals surface area contributed by atoms with E-state index in [2.05, 4.69) is 20.6 Å².